The molecular weight excluding hydrogens is 360 g/mol. The molecule has 1 aromatic heterocycles. The van der Waals surface area contributed by atoms with Crippen molar-refractivity contribution in [3.8, 4) is 11.5 Å². The molecule has 0 radical (unpaired) electrons. The summed E-state index contributed by atoms with van der Waals surface area (Å²) in [6.45, 7) is 9.70. The molecule has 0 saturated carbocycles. The van der Waals surface area contributed by atoms with E-state index in [1.165, 1.54) is 22.4 Å². The van der Waals surface area contributed by atoms with Crippen LogP contribution in [0, 0.1) is 13.8 Å². The van der Waals surface area contributed by atoms with E-state index in [9.17, 15) is 5.11 Å². The monoisotopic (exact) mass is 390 g/mol. The summed E-state index contributed by atoms with van der Waals surface area (Å²) >= 11 is 0. The predicted octanol–water partition coefficient (Wildman–Crippen LogP) is 5.20. The smallest absolute Gasteiger partial charge is 0.161 e. The van der Waals surface area contributed by atoms with Crippen LogP contribution in [0.25, 0.3) is 0 Å². The van der Waals surface area contributed by atoms with Gasteiger partial charge in [0, 0.05) is 31.5 Å². The summed E-state index contributed by atoms with van der Waals surface area (Å²) < 4.78 is 7.99. The highest BCUT2D eigenvalue weighted by molar-refractivity contribution is 5.42. The molecule has 2 aromatic carbocycles. The van der Waals surface area contributed by atoms with E-state index in [1.807, 2.05) is 19.1 Å². The lowest BCUT2D eigenvalue weighted by Gasteiger charge is -2.31. The maximum absolute atomic E-state index is 10.1. The normalized spacial score (nSPS) is 17.0. The second kappa shape index (κ2) is 8.34. The third-order valence-electron chi connectivity index (χ3n) is 5.91. The minimum atomic E-state index is 0.200. The predicted molar refractivity (Wildman–Crippen MR) is 116 cm³/mol. The number of rotatable bonds is 5. The summed E-state index contributed by atoms with van der Waals surface area (Å²) in [4.78, 5) is 2.55. The summed E-state index contributed by atoms with van der Waals surface area (Å²) in [5, 5.41) is 10.1. The Hall–Kier alpha value is -2.72. The summed E-state index contributed by atoms with van der Waals surface area (Å²) in [6, 6.07) is 17.2. The van der Waals surface area contributed by atoms with Crippen molar-refractivity contribution in [2.45, 2.75) is 46.3 Å². The number of phenols is 1. The van der Waals surface area contributed by atoms with Crippen LogP contribution in [0.15, 0.2) is 54.7 Å². The van der Waals surface area contributed by atoms with Crippen LogP contribution in [0.4, 0.5) is 0 Å². The van der Waals surface area contributed by atoms with Gasteiger partial charge in [-0.3, -0.25) is 4.90 Å². The number of aryl methyl sites for hydroxylation is 3. The van der Waals surface area contributed by atoms with Gasteiger partial charge in [-0.1, -0.05) is 24.3 Å². The molecule has 0 saturated heterocycles. The first-order valence-electron chi connectivity index (χ1n) is 10.5. The average Bonchev–Trinajstić information content (AvgIpc) is 3.09. The number of ether oxygens (including phenoxy) is 1. The molecule has 0 bridgehead atoms. The molecule has 4 nitrogen and oxygen atoms in total. The zero-order chi connectivity index (χ0) is 20.4. The van der Waals surface area contributed by atoms with Crippen LogP contribution in [0.1, 0.15) is 47.3 Å². The first kappa shape index (κ1) is 19.6. The van der Waals surface area contributed by atoms with Crippen molar-refractivity contribution in [2.75, 3.05) is 13.2 Å². The van der Waals surface area contributed by atoms with Crippen LogP contribution in [0.3, 0.4) is 0 Å². The van der Waals surface area contributed by atoms with Crippen LogP contribution in [0.2, 0.25) is 0 Å². The largest absolute Gasteiger partial charge is 0.504 e. The highest BCUT2D eigenvalue weighted by Gasteiger charge is 2.27. The molecule has 1 aliphatic heterocycles. The minimum absolute atomic E-state index is 0.200. The molecule has 1 N–H and O–H groups in total. The number of benzene rings is 2. The number of hydrogen-bond acceptors (Lipinski definition) is 3. The van der Waals surface area contributed by atoms with Gasteiger partial charge >= 0.3 is 0 Å². The molecule has 4 heteroatoms. The SMILES string of the molecule is CCOc1cc(CN2CCCn3cccc3C2c2ccc(C)c(C)c2)ccc1O. The fraction of sp³-hybridized carbons (Fsp3) is 0.360. The van der Waals surface area contributed by atoms with Gasteiger partial charge in [-0.25, -0.2) is 0 Å². The molecule has 0 aliphatic carbocycles. The van der Waals surface area contributed by atoms with E-state index < -0.39 is 0 Å². The van der Waals surface area contributed by atoms with E-state index in [0.29, 0.717) is 12.4 Å². The Balaban J connectivity index is 1.72. The Labute approximate surface area is 173 Å². The fourth-order valence-corrected chi connectivity index (χ4v) is 4.29. The van der Waals surface area contributed by atoms with Crippen molar-refractivity contribution in [3.05, 3.63) is 82.7 Å². The molecule has 0 amide bonds. The van der Waals surface area contributed by atoms with Crippen LogP contribution in [-0.4, -0.2) is 27.7 Å². The molecule has 0 fully saturated rings. The molecule has 152 valence electrons. The maximum Gasteiger partial charge on any atom is 0.161 e. The summed E-state index contributed by atoms with van der Waals surface area (Å²) in [5.74, 6) is 0.761. The number of phenolic OH excluding ortho intramolecular Hbond substituents is 1. The number of aromatic hydroxyl groups is 1. The highest BCUT2D eigenvalue weighted by Crippen LogP contribution is 2.35. The molecule has 3 aromatic rings. The van der Waals surface area contributed by atoms with Gasteiger partial charge in [-0.2, -0.15) is 0 Å². The van der Waals surface area contributed by atoms with Gasteiger partial charge in [-0.15, -0.1) is 0 Å². The second-order valence-electron chi connectivity index (χ2n) is 7.93. The van der Waals surface area contributed by atoms with Gasteiger partial charge in [0.15, 0.2) is 11.5 Å². The van der Waals surface area contributed by atoms with Crippen LogP contribution >= 0.6 is 0 Å². The van der Waals surface area contributed by atoms with Gasteiger partial charge in [-0.05, 0) is 73.7 Å². The van der Waals surface area contributed by atoms with E-state index >= 15 is 0 Å². The third-order valence-corrected chi connectivity index (χ3v) is 5.91. The lowest BCUT2D eigenvalue weighted by atomic mass is 9.97. The van der Waals surface area contributed by atoms with E-state index in [1.54, 1.807) is 6.07 Å². The minimum Gasteiger partial charge on any atom is -0.504 e. The number of aromatic nitrogens is 1. The molecule has 1 atom stereocenters. The second-order valence-corrected chi connectivity index (χ2v) is 7.93. The van der Waals surface area contributed by atoms with Gasteiger partial charge in [0.25, 0.3) is 0 Å². The fourth-order valence-electron chi connectivity index (χ4n) is 4.29. The standard InChI is InChI=1S/C25H30N2O2/c1-4-29-24-16-20(9-11-23(24)28)17-27-14-6-13-26-12-5-7-22(26)25(27)21-10-8-18(2)19(3)15-21/h5,7-12,15-16,25,28H,4,6,13-14,17H2,1-3H3. The van der Waals surface area contributed by atoms with Gasteiger partial charge < -0.3 is 14.4 Å². The molecule has 1 aliphatic rings. The Morgan fingerprint density at radius 2 is 1.90 bits per heavy atom. The number of fused-ring (bicyclic) bond motifs is 1. The molecule has 1 unspecified atom stereocenters. The summed E-state index contributed by atoms with van der Waals surface area (Å²) in [7, 11) is 0. The first-order valence-corrected chi connectivity index (χ1v) is 10.5. The topological polar surface area (TPSA) is 37.6 Å². The molecule has 4 rings (SSSR count). The zero-order valence-corrected chi connectivity index (χ0v) is 17.6. The van der Waals surface area contributed by atoms with Crippen molar-refractivity contribution in [3.63, 3.8) is 0 Å². The van der Waals surface area contributed by atoms with Gasteiger partial charge in [0.1, 0.15) is 0 Å². The van der Waals surface area contributed by atoms with Crippen molar-refractivity contribution in [1.82, 2.24) is 9.47 Å². The Kier molecular flexibility index (Phi) is 5.63. The van der Waals surface area contributed by atoms with Crippen molar-refractivity contribution in [2.24, 2.45) is 0 Å². The maximum atomic E-state index is 10.1. The zero-order valence-electron chi connectivity index (χ0n) is 17.6. The Morgan fingerprint density at radius 3 is 2.69 bits per heavy atom. The van der Waals surface area contributed by atoms with Gasteiger partial charge in [0.2, 0.25) is 0 Å². The van der Waals surface area contributed by atoms with Gasteiger partial charge in [0.05, 0.1) is 12.6 Å². The van der Waals surface area contributed by atoms with E-state index in [4.69, 9.17) is 4.74 Å². The molecular formula is C25H30N2O2. The van der Waals surface area contributed by atoms with E-state index in [2.05, 4.69) is 59.8 Å². The number of nitrogens with zero attached hydrogens (tertiary/aromatic N) is 2. The van der Waals surface area contributed by atoms with Crippen LogP contribution < -0.4 is 4.74 Å². The highest BCUT2D eigenvalue weighted by atomic mass is 16.5. The molecule has 2 heterocycles. The van der Waals surface area contributed by atoms with Crippen molar-refractivity contribution in [1.29, 1.82) is 0 Å². The summed E-state index contributed by atoms with van der Waals surface area (Å²) in [6.07, 6.45) is 3.31. The summed E-state index contributed by atoms with van der Waals surface area (Å²) in [5.41, 5.74) is 6.48. The lowest BCUT2D eigenvalue weighted by Crippen LogP contribution is -2.29. The number of hydrogen-bond donors (Lipinski definition) is 1. The van der Waals surface area contributed by atoms with Crippen molar-refractivity contribution < 1.29 is 9.84 Å². The lowest BCUT2D eigenvalue weighted by molar-refractivity contribution is 0.219. The van der Waals surface area contributed by atoms with Crippen molar-refractivity contribution >= 4 is 0 Å². The Bertz CT molecular complexity index is 992. The van der Waals surface area contributed by atoms with Crippen LogP contribution in [0.5, 0.6) is 11.5 Å². The van der Waals surface area contributed by atoms with E-state index in [-0.39, 0.29) is 11.8 Å². The van der Waals surface area contributed by atoms with Crippen LogP contribution in [-0.2, 0) is 13.1 Å². The molecule has 29 heavy (non-hydrogen) atoms. The Morgan fingerprint density at radius 1 is 1.03 bits per heavy atom. The third kappa shape index (κ3) is 4.03. The molecule has 0 spiro atoms. The van der Waals surface area contributed by atoms with E-state index in [0.717, 1.165) is 31.6 Å². The first-order chi connectivity index (χ1) is 14.1. The average molecular weight is 391 g/mol. The quantitative estimate of drug-likeness (QED) is 0.650.